The molecule has 4 heteroatoms. The standard InChI is InChI=1S/C41H24N2O2/c1-2-10-25(11-3-1)32-24-34-40(38-31-15-7-9-17-37(31)44-39(32)38)45-41(42-34)26-18-20-29(21-19-26)43-35-16-8-6-14-30(35)33-22-27-12-4-5-13-28(27)23-36(33)43/h1-24H. The third kappa shape index (κ3) is 3.57. The number of hydrogen-bond acceptors (Lipinski definition) is 3. The summed E-state index contributed by atoms with van der Waals surface area (Å²) in [4.78, 5) is 5.02. The number of benzene rings is 7. The normalized spacial score (nSPS) is 12.0. The molecule has 0 bridgehead atoms. The molecule has 0 unspecified atom stereocenters. The lowest BCUT2D eigenvalue weighted by Gasteiger charge is -2.09. The van der Waals surface area contributed by atoms with Crippen LogP contribution in [-0.2, 0) is 0 Å². The monoisotopic (exact) mass is 576 g/mol. The Hall–Kier alpha value is -6.13. The van der Waals surface area contributed by atoms with Gasteiger partial charge in [0.1, 0.15) is 16.7 Å². The number of furan rings is 1. The van der Waals surface area contributed by atoms with E-state index in [1.54, 1.807) is 0 Å². The van der Waals surface area contributed by atoms with Crippen LogP contribution in [0.5, 0.6) is 0 Å². The minimum absolute atomic E-state index is 0.585. The van der Waals surface area contributed by atoms with Crippen molar-refractivity contribution in [2.45, 2.75) is 0 Å². The molecule has 0 aliphatic carbocycles. The van der Waals surface area contributed by atoms with Crippen LogP contribution in [-0.4, -0.2) is 9.55 Å². The first-order valence-electron chi connectivity index (χ1n) is 15.1. The van der Waals surface area contributed by atoms with Gasteiger partial charge in [0.05, 0.1) is 16.4 Å². The van der Waals surface area contributed by atoms with Crippen LogP contribution in [0.3, 0.4) is 0 Å². The molecule has 10 rings (SSSR count). The minimum Gasteiger partial charge on any atom is -0.455 e. The third-order valence-corrected chi connectivity index (χ3v) is 9.00. The van der Waals surface area contributed by atoms with Crippen molar-refractivity contribution in [2.24, 2.45) is 0 Å². The predicted octanol–water partition coefficient (Wildman–Crippen LogP) is 11.3. The van der Waals surface area contributed by atoms with Gasteiger partial charge in [-0.1, -0.05) is 91.0 Å². The van der Waals surface area contributed by atoms with E-state index in [1.807, 2.05) is 36.4 Å². The van der Waals surface area contributed by atoms with Crippen LogP contribution < -0.4 is 0 Å². The van der Waals surface area contributed by atoms with Gasteiger partial charge in [0.25, 0.3) is 0 Å². The predicted molar refractivity (Wildman–Crippen MR) is 184 cm³/mol. The number of fused-ring (bicyclic) bond motifs is 9. The lowest BCUT2D eigenvalue weighted by molar-refractivity contribution is 0.622. The molecule has 3 heterocycles. The summed E-state index contributed by atoms with van der Waals surface area (Å²) >= 11 is 0. The van der Waals surface area contributed by atoms with Crippen LogP contribution in [0.2, 0.25) is 0 Å². The van der Waals surface area contributed by atoms with E-state index in [1.165, 1.54) is 32.6 Å². The summed E-state index contributed by atoms with van der Waals surface area (Å²) in [6.45, 7) is 0. The second-order valence-corrected chi connectivity index (χ2v) is 11.6. The summed E-state index contributed by atoms with van der Waals surface area (Å²) in [5.74, 6) is 0.585. The Labute approximate surface area is 257 Å². The number of aromatic nitrogens is 2. The van der Waals surface area contributed by atoms with Crippen molar-refractivity contribution in [1.29, 1.82) is 0 Å². The second-order valence-electron chi connectivity index (χ2n) is 11.6. The quantitative estimate of drug-likeness (QED) is 0.210. The van der Waals surface area contributed by atoms with Crippen LogP contribution in [0.1, 0.15) is 0 Å². The SMILES string of the molecule is c1ccc(-c2cc3nc(-c4ccc(-n5c6ccccc6c6cc7ccccc7cc65)cc4)oc3c3c2oc2ccccc23)cc1. The molecule has 7 aromatic carbocycles. The Balaban J connectivity index is 1.15. The average Bonchev–Trinajstić information content (AvgIpc) is 3.79. The van der Waals surface area contributed by atoms with E-state index in [2.05, 4.69) is 114 Å². The van der Waals surface area contributed by atoms with Gasteiger partial charge in [0.2, 0.25) is 5.89 Å². The number of hydrogen-bond donors (Lipinski definition) is 0. The van der Waals surface area contributed by atoms with Gasteiger partial charge in [-0.25, -0.2) is 4.98 Å². The summed E-state index contributed by atoms with van der Waals surface area (Å²) in [5, 5.41) is 6.94. The molecular weight excluding hydrogens is 552 g/mol. The van der Waals surface area contributed by atoms with Crippen molar-refractivity contribution in [3.8, 4) is 28.3 Å². The maximum atomic E-state index is 6.57. The van der Waals surface area contributed by atoms with Gasteiger partial charge in [-0.2, -0.15) is 0 Å². The molecular formula is C41H24N2O2. The smallest absolute Gasteiger partial charge is 0.227 e. The maximum absolute atomic E-state index is 6.57. The molecule has 45 heavy (non-hydrogen) atoms. The number of para-hydroxylation sites is 2. The Morgan fingerprint density at radius 1 is 0.489 bits per heavy atom. The highest BCUT2D eigenvalue weighted by atomic mass is 16.4. The van der Waals surface area contributed by atoms with Crippen LogP contribution in [0.15, 0.2) is 154 Å². The molecule has 4 nitrogen and oxygen atoms in total. The lowest BCUT2D eigenvalue weighted by atomic mass is 10.0. The first-order chi connectivity index (χ1) is 22.3. The third-order valence-electron chi connectivity index (χ3n) is 9.00. The number of nitrogens with zero attached hydrogens (tertiary/aromatic N) is 2. The molecule has 0 N–H and O–H groups in total. The number of oxazole rings is 1. The molecule has 0 aliphatic rings. The fourth-order valence-electron chi connectivity index (χ4n) is 6.91. The van der Waals surface area contributed by atoms with Crippen molar-refractivity contribution < 1.29 is 8.83 Å². The van der Waals surface area contributed by atoms with Crippen LogP contribution in [0.25, 0.3) is 93.9 Å². The molecule has 3 aromatic heterocycles. The van der Waals surface area contributed by atoms with E-state index in [-0.39, 0.29) is 0 Å². The number of rotatable bonds is 3. The highest BCUT2D eigenvalue weighted by molar-refractivity contribution is 6.20. The zero-order valence-electron chi connectivity index (χ0n) is 24.1. The molecule has 0 atom stereocenters. The van der Waals surface area contributed by atoms with Gasteiger partial charge in [-0.05, 0) is 70.9 Å². The zero-order chi connectivity index (χ0) is 29.5. The molecule has 210 valence electrons. The van der Waals surface area contributed by atoms with Crippen molar-refractivity contribution in [1.82, 2.24) is 9.55 Å². The minimum atomic E-state index is 0.585. The summed E-state index contributed by atoms with van der Waals surface area (Å²) < 4.78 is 15.3. The van der Waals surface area contributed by atoms with Crippen LogP contribution >= 0.6 is 0 Å². The lowest BCUT2D eigenvalue weighted by Crippen LogP contribution is -1.93. The van der Waals surface area contributed by atoms with Gasteiger partial charge in [-0.3, -0.25) is 0 Å². The summed E-state index contributed by atoms with van der Waals surface area (Å²) in [7, 11) is 0. The van der Waals surface area contributed by atoms with Gasteiger partial charge in [-0.15, -0.1) is 0 Å². The molecule has 0 spiro atoms. The zero-order valence-corrected chi connectivity index (χ0v) is 24.1. The Morgan fingerprint density at radius 2 is 1.20 bits per heavy atom. The molecule has 0 radical (unpaired) electrons. The van der Waals surface area contributed by atoms with E-state index in [4.69, 9.17) is 13.8 Å². The van der Waals surface area contributed by atoms with Crippen molar-refractivity contribution in [2.75, 3.05) is 0 Å². The maximum Gasteiger partial charge on any atom is 0.227 e. The summed E-state index contributed by atoms with van der Waals surface area (Å²) in [6, 6.07) is 50.8. The summed E-state index contributed by atoms with van der Waals surface area (Å²) in [6.07, 6.45) is 0. The fraction of sp³-hybridized carbons (Fsp3) is 0. The Kier molecular flexibility index (Phi) is 4.96. The van der Waals surface area contributed by atoms with Gasteiger partial charge in [0, 0.05) is 33.0 Å². The van der Waals surface area contributed by atoms with E-state index in [9.17, 15) is 0 Å². The van der Waals surface area contributed by atoms with E-state index >= 15 is 0 Å². The molecule has 0 saturated heterocycles. The van der Waals surface area contributed by atoms with E-state index in [0.717, 1.165) is 55.4 Å². The van der Waals surface area contributed by atoms with Crippen molar-refractivity contribution >= 4 is 65.6 Å². The summed E-state index contributed by atoms with van der Waals surface area (Å²) in [5.41, 5.74) is 9.65. The highest BCUT2D eigenvalue weighted by Gasteiger charge is 2.21. The van der Waals surface area contributed by atoms with E-state index < -0.39 is 0 Å². The van der Waals surface area contributed by atoms with Gasteiger partial charge < -0.3 is 13.4 Å². The van der Waals surface area contributed by atoms with E-state index in [0.29, 0.717) is 5.89 Å². The second kappa shape index (κ2) is 9.18. The topological polar surface area (TPSA) is 44.1 Å². The highest BCUT2D eigenvalue weighted by Crippen LogP contribution is 2.42. The van der Waals surface area contributed by atoms with Crippen LogP contribution in [0, 0.1) is 0 Å². The molecule has 0 aliphatic heterocycles. The molecule has 0 fully saturated rings. The Morgan fingerprint density at radius 3 is 2.04 bits per heavy atom. The van der Waals surface area contributed by atoms with Crippen molar-refractivity contribution in [3.63, 3.8) is 0 Å². The molecule has 0 amide bonds. The van der Waals surface area contributed by atoms with Crippen molar-refractivity contribution in [3.05, 3.63) is 146 Å². The fourth-order valence-corrected chi connectivity index (χ4v) is 6.91. The molecule has 10 aromatic rings. The van der Waals surface area contributed by atoms with Crippen LogP contribution in [0.4, 0.5) is 0 Å². The molecule has 0 saturated carbocycles. The average molecular weight is 577 g/mol. The first kappa shape index (κ1) is 24.3. The largest absolute Gasteiger partial charge is 0.455 e. The Bertz CT molecular complexity index is 2750. The first-order valence-corrected chi connectivity index (χ1v) is 15.1. The van der Waals surface area contributed by atoms with Gasteiger partial charge in [0.15, 0.2) is 5.58 Å². The van der Waals surface area contributed by atoms with Gasteiger partial charge >= 0.3 is 0 Å².